The first-order valence-corrected chi connectivity index (χ1v) is 4.95. The van der Waals surface area contributed by atoms with Gasteiger partial charge in [0.05, 0.1) is 0 Å². The fourth-order valence-electron chi connectivity index (χ4n) is 1.21. The lowest BCUT2D eigenvalue weighted by Gasteiger charge is -2.05. The van der Waals surface area contributed by atoms with Crippen molar-refractivity contribution < 1.29 is 10.2 Å². The molecule has 0 aliphatic rings. The molecule has 14 heavy (non-hydrogen) atoms. The number of phenolic OH excluding ortho intramolecular Hbond substituents is 2. The van der Waals surface area contributed by atoms with E-state index in [9.17, 15) is 5.11 Å². The van der Waals surface area contributed by atoms with Crippen molar-refractivity contribution in [3.05, 3.63) is 23.8 Å². The standard InChI is InChI=1S/C11H17NO2/c1-2-3-6-12-8-9-4-5-10(13)11(14)7-9/h4-5,7,12-14H,2-3,6,8H2,1H3. The maximum Gasteiger partial charge on any atom is 0.157 e. The Morgan fingerprint density at radius 3 is 2.64 bits per heavy atom. The van der Waals surface area contributed by atoms with Gasteiger partial charge in [0.15, 0.2) is 11.5 Å². The molecule has 0 bridgehead atoms. The molecule has 1 aromatic carbocycles. The quantitative estimate of drug-likeness (QED) is 0.497. The van der Waals surface area contributed by atoms with Crippen LogP contribution in [0.2, 0.25) is 0 Å². The molecule has 3 N–H and O–H groups in total. The number of hydrogen-bond acceptors (Lipinski definition) is 3. The summed E-state index contributed by atoms with van der Waals surface area (Å²) in [5.41, 5.74) is 0.983. The predicted octanol–water partition coefficient (Wildman–Crippen LogP) is 1.99. The van der Waals surface area contributed by atoms with E-state index in [0.717, 1.165) is 25.1 Å². The fraction of sp³-hybridized carbons (Fsp3) is 0.455. The van der Waals surface area contributed by atoms with Crippen LogP contribution in [-0.2, 0) is 6.54 Å². The normalized spacial score (nSPS) is 10.4. The van der Waals surface area contributed by atoms with Crippen LogP contribution in [0, 0.1) is 0 Å². The van der Waals surface area contributed by atoms with Gasteiger partial charge < -0.3 is 15.5 Å². The Bertz CT molecular complexity index is 287. The van der Waals surface area contributed by atoms with E-state index in [1.165, 1.54) is 12.5 Å². The van der Waals surface area contributed by atoms with Crippen LogP contribution in [0.4, 0.5) is 0 Å². The lowest BCUT2D eigenvalue weighted by atomic mass is 10.2. The Kier molecular flexibility index (Phi) is 4.26. The van der Waals surface area contributed by atoms with Crippen molar-refractivity contribution in [1.29, 1.82) is 0 Å². The van der Waals surface area contributed by atoms with Gasteiger partial charge in [0.1, 0.15) is 0 Å². The van der Waals surface area contributed by atoms with Gasteiger partial charge in [0.2, 0.25) is 0 Å². The van der Waals surface area contributed by atoms with Crippen LogP contribution < -0.4 is 5.32 Å². The Hall–Kier alpha value is -1.22. The molecule has 0 aliphatic carbocycles. The molecular formula is C11H17NO2. The molecule has 3 nitrogen and oxygen atoms in total. The third-order valence-electron chi connectivity index (χ3n) is 2.08. The highest BCUT2D eigenvalue weighted by Gasteiger charge is 1.99. The largest absolute Gasteiger partial charge is 0.504 e. The average molecular weight is 195 g/mol. The highest BCUT2D eigenvalue weighted by molar-refractivity contribution is 5.40. The van der Waals surface area contributed by atoms with Gasteiger partial charge in [-0.05, 0) is 30.7 Å². The number of aromatic hydroxyl groups is 2. The number of rotatable bonds is 5. The van der Waals surface area contributed by atoms with Crippen LogP contribution in [0.5, 0.6) is 11.5 Å². The monoisotopic (exact) mass is 195 g/mol. The smallest absolute Gasteiger partial charge is 0.157 e. The van der Waals surface area contributed by atoms with E-state index in [0.29, 0.717) is 0 Å². The Morgan fingerprint density at radius 1 is 1.21 bits per heavy atom. The van der Waals surface area contributed by atoms with Crippen molar-refractivity contribution in [3.8, 4) is 11.5 Å². The van der Waals surface area contributed by atoms with Gasteiger partial charge in [-0.3, -0.25) is 0 Å². The first kappa shape index (κ1) is 10.9. The van der Waals surface area contributed by atoms with E-state index in [1.807, 2.05) is 0 Å². The third-order valence-corrected chi connectivity index (χ3v) is 2.08. The molecule has 0 radical (unpaired) electrons. The van der Waals surface area contributed by atoms with E-state index >= 15 is 0 Å². The summed E-state index contributed by atoms with van der Waals surface area (Å²) < 4.78 is 0. The van der Waals surface area contributed by atoms with E-state index in [2.05, 4.69) is 12.2 Å². The SMILES string of the molecule is CCCCNCc1ccc(O)c(O)c1. The molecule has 78 valence electrons. The third kappa shape index (κ3) is 3.26. The van der Waals surface area contributed by atoms with Crippen molar-refractivity contribution in [3.63, 3.8) is 0 Å². The molecule has 0 aromatic heterocycles. The van der Waals surface area contributed by atoms with Gasteiger partial charge in [0.25, 0.3) is 0 Å². The number of phenols is 2. The summed E-state index contributed by atoms with van der Waals surface area (Å²) in [5.74, 6) is -0.123. The zero-order valence-electron chi connectivity index (χ0n) is 8.45. The molecule has 0 atom stereocenters. The minimum absolute atomic E-state index is 0.0557. The van der Waals surface area contributed by atoms with Crippen molar-refractivity contribution in [1.82, 2.24) is 5.32 Å². The lowest BCUT2D eigenvalue weighted by Crippen LogP contribution is -2.14. The fourth-order valence-corrected chi connectivity index (χ4v) is 1.21. The topological polar surface area (TPSA) is 52.5 Å². The number of unbranched alkanes of at least 4 members (excludes halogenated alkanes) is 1. The second-order valence-electron chi connectivity index (χ2n) is 3.35. The highest BCUT2D eigenvalue weighted by Crippen LogP contribution is 2.24. The molecule has 0 unspecified atom stereocenters. The zero-order chi connectivity index (χ0) is 10.4. The van der Waals surface area contributed by atoms with Gasteiger partial charge in [-0.2, -0.15) is 0 Å². The first-order chi connectivity index (χ1) is 6.74. The van der Waals surface area contributed by atoms with Crippen molar-refractivity contribution in [2.45, 2.75) is 26.3 Å². The van der Waals surface area contributed by atoms with Gasteiger partial charge in [-0.25, -0.2) is 0 Å². The maximum absolute atomic E-state index is 9.23. The van der Waals surface area contributed by atoms with Crippen LogP contribution in [0.3, 0.4) is 0 Å². The average Bonchev–Trinajstić information content (AvgIpc) is 2.18. The second kappa shape index (κ2) is 5.50. The van der Waals surface area contributed by atoms with Crippen LogP contribution >= 0.6 is 0 Å². The summed E-state index contributed by atoms with van der Waals surface area (Å²) >= 11 is 0. The molecule has 0 fully saturated rings. The second-order valence-corrected chi connectivity index (χ2v) is 3.35. The zero-order valence-corrected chi connectivity index (χ0v) is 8.45. The molecule has 0 saturated carbocycles. The molecule has 0 saturated heterocycles. The minimum Gasteiger partial charge on any atom is -0.504 e. The lowest BCUT2D eigenvalue weighted by molar-refractivity contribution is 0.403. The van der Waals surface area contributed by atoms with Crippen molar-refractivity contribution >= 4 is 0 Å². The van der Waals surface area contributed by atoms with E-state index < -0.39 is 0 Å². The van der Waals surface area contributed by atoms with E-state index in [4.69, 9.17) is 5.11 Å². The van der Waals surface area contributed by atoms with Gasteiger partial charge in [0, 0.05) is 6.54 Å². The van der Waals surface area contributed by atoms with Gasteiger partial charge >= 0.3 is 0 Å². The minimum atomic E-state index is -0.0673. The molecule has 1 rings (SSSR count). The molecule has 3 heteroatoms. The molecule has 0 heterocycles. The van der Waals surface area contributed by atoms with Crippen LogP contribution in [0.1, 0.15) is 25.3 Å². The maximum atomic E-state index is 9.23. The number of nitrogens with one attached hydrogen (secondary N) is 1. The summed E-state index contributed by atoms with van der Waals surface area (Å²) in [6.07, 6.45) is 2.33. The Labute approximate surface area is 84.4 Å². The van der Waals surface area contributed by atoms with Gasteiger partial charge in [-0.1, -0.05) is 19.4 Å². The molecule has 0 aliphatic heterocycles. The van der Waals surface area contributed by atoms with E-state index in [-0.39, 0.29) is 11.5 Å². The summed E-state index contributed by atoms with van der Waals surface area (Å²) in [4.78, 5) is 0. The Balaban J connectivity index is 2.39. The van der Waals surface area contributed by atoms with Gasteiger partial charge in [-0.15, -0.1) is 0 Å². The van der Waals surface area contributed by atoms with Crippen molar-refractivity contribution in [2.24, 2.45) is 0 Å². The van der Waals surface area contributed by atoms with Crippen LogP contribution in [-0.4, -0.2) is 16.8 Å². The molecular weight excluding hydrogens is 178 g/mol. The summed E-state index contributed by atoms with van der Waals surface area (Å²) in [6.45, 7) is 3.86. The number of benzene rings is 1. The highest BCUT2D eigenvalue weighted by atomic mass is 16.3. The van der Waals surface area contributed by atoms with E-state index in [1.54, 1.807) is 12.1 Å². The molecule has 0 spiro atoms. The van der Waals surface area contributed by atoms with Crippen LogP contribution in [0.15, 0.2) is 18.2 Å². The number of hydrogen-bond donors (Lipinski definition) is 3. The Morgan fingerprint density at radius 2 is 2.00 bits per heavy atom. The first-order valence-electron chi connectivity index (χ1n) is 4.95. The summed E-state index contributed by atoms with van der Waals surface area (Å²) in [5, 5.41) is 21.6. The molecule has 0 amide bonds. The predicted molar refractivity (Wildman–Crippen MR) is 56.4 cm³/mol. The van der Waals surface area contributed by atoms with Crippen molar-refractivity contribution in [2.75, 3.05) is 6.54 Å². The summed E-state index contributed by atoms with van der Waals surface area (Å²) in [6, 6.07) is 4.88. The van der Waals surface area contributed by atoms with Crippen LogP contribution in [0.25, 0.3) is 0 Å². The summed E-state index contributed by atoms with van der Waals surface area (Å²) in [7, 11) is 0. The molecule has 1 aromatic rings.